The molecular weight excluding hydrogens is 370 g/mol. The van der Waals surface area contributed by atoms with Crippen molar-refractivity contribution in [1.29, 1.82) is 0 Å². The zero-order valence-electron chi connectivity index (χ0n) is 16.9. The number of carbonyl (C=O) groups excluding carboxylic acids is 3. The standard InChI is InChI=1S/C21H27N5O3/c1-3-15(2)23-19(27)13-22-20(28)17-12-18-21(29)25(10-7-11-26(18)24-17)14-16-8-5-4-6-9-16/h4-6,8-9,12,15H,3,7,10-11,13-14H2,1-2H3,(H,22,28)(H,23,27)/t15-/m0/s1. The molecule has 3 rings (SSSR count). The third-order valence-corrected chi connectivity index (χ3v) is 4.96. The molecule has 0 radical (unpaired) electrons. The van der Waals surface area contributed by atoms with Gasteiger partial charge in [-0.05, 0) is 25.3 Å². The fourth-order valence-corrected chi connectivity index (χ4v) is 3.18. The number of amides is 3. The molecule has 154 valence electrons. The molecule has 3 amide bonds. The zero-order valence-corrected chi connectivity index (χ0v) is 16.9. The van der Waals surface area contributed by atoms with Crippen molar-refractivity contribution in [3.8, 4) is 0 Å². The van der Waals surface area contributed by atoms with E-state index in [9.17, 15) is 14.4 Å². The van der Waals surface area contributed by atoms with Gasteiger partial charge in [-0.1, -0.05) is 37.3 Å². The largest absolute Gasteiger partial charge is 0.352 e. The van der Waals surface area contributed by atoms with Gasteiger partial charge in [-0.25, -0.2) is 0 Å². The minimum Gasteiger partial charge on any atom is -0.352 e. The monoisotopic (exact) mass is 397 g/mol. The van der Waals surface area contributed by atoms with Crippen LogP contribution in [0.25, 0.3) is 0 Å². The minimum atomic E-state index is -0.465. The van der Waals surface area contributed by atoms with E-state index in [1.165, 1.54) is 6.07 Å². The molecule has 2 aromatic rings. The molecule has 29 heavy (non-hydrogen) atoms. The van der Waals surface area contributed by atoms with E-state index < -0.39 is 5.91 Å². The molecule has 2 N–H and O–H groups in total. The molecule has 1 atom stereocenters. The molecule has 0 bridgehead atoms. The lowest BCUT2D eigenvalue weighted by Gasteiger charge is -2.20. The summed E-state index contributed by atoms with van der Waals surface area (Å²) in [7, 11) is 0. The Kier molecular flexibility index (Phi) is 6.64. The minimum absolute atomic E-state index is 0.0521. The Morgan fingerprint density at radius 1 is 1.21 bits per heavy atom. The predicted octanol–water partition coefficient (Wildman–Crippen LogP) is 1.57. The second-order valence-electron chi connectivity index (χ2n) is 7.26. The molecule has 8 nitrogen and oxygen atoms in total. The van der Waals surface area contributed by atoms with Gasteiger partial charge in [0, 0.05) is 31.7 Å². The van der Waals surface area contributed by atoms with Crippen LogP contribution in [0.1, 0.15) is 53.2 Å². The molecule has 2 heterocycles. The fourth-order valence-electron chi connectivity index (χ4n) is 3.18. The summed E-state index contributed by atoms with van der Waals surface area (Å²) >= 11 is 0. The Bertz CT molecular complexity index is 878. The maximum absolute atomic E-state index is 13.0. The summed E-state index contributed by atoms with van der Waals surface area (Å²) in [6, 6.07) is 11.4. The Balaban J connectivity index is 1.65. The van der Waals surface area contributed by atoms with Crippen LogP contribution >= 0.6 is 0 Å². The Hall–Kier alpha value is -3.16. The van der Waals surface area contributed by atoms with E-state index in [0.29, 0.717) is 25.3 Å². The number of nitrogens with zero attached hydrogens (tertiary/aromatic N) is 3. The first-order valence-electron chi connectivity index (χ1n) is 9.96. The lowest BCUT2D eigenvalue weighted by molar-refractivity contribution is -0.120. The normalized spacial score (nSPS) is 14.7. The topological polar surface area (TPSA) is 96.3 Å². The number of hydrogen-bond donors (Lipinski definition) is 2. The van der Waals surface area contributed by atoms with E-state index in [2.05, 4.69) is 15.7 Å². The van der Waals surface area contributed by atoms with Crippen LogP contribution in [0.2, 0.25) is 0 Å². The fraction of sp³-hybridized carbons (Fsp3) is 0.429. The Labute approximate surface area is 170 Å². The first-order valence-corrected chi connectivity index (χ1v) is 9.96. The molecule has 0 aliphatic carbocycles. The first-order chi connectivity index (χ1) is 14.0. The van der Waals surface area contributed by atoms with Crippen molar-refractivity contribution in [2.45, 2.75) is 45.8 Å². The number of carbonyl (C=O) groups is 3. The van der Waals surface area contributed by atoms with Crippen LogP contribution in [0.15, 0.2) is 36.4 Å². The number of nitrogens with one attached hydrogen (secondary N) is 2. The second kappa shape index (κ2) is 9.36. The van der Waals surface area contributed by atoms with Crippen molar-refractivity contribution in [2.24, 2.45) is 0 Å². The van der Waals surface area contributed by atoms with E-state index in [1.54, 1.807) is 9.58 Å². The number of benzene rings is 1. The summed E-state index contributed by atoms with van der Waals surface area (Å²) < 4.78 is 1.58. The van der Waals surface area contributed by atoms with Gasteiger partial charge in [0.25, 0.3) is 11.8 Å². The number of fused-ring (bicyclic) bond motifs is 1. The van der Waals surface area contributed by atoms with Crippen LogP contribution < -0.4 is 10.6 Å². The second-order valence-corrected chi connectivity index (χ2v) is 7.26. The molecule has 1 aromatic heterocycles. The van der Waals surface area contributed by atoms with Gasteiger partial charge in [-0.15, -0.1) is 0 Å². The van der Waals surface area contributed by atoms with Crippen LogP contribution in [-0.2, 0) is 17.9 Å². The van der Waals surface area contributed by atoms with Crippen molar-refractivity contribution < 1.29 is 14.4 Å². The van der Waals surface area contributed by atoms with Crippen LogP contribution in [0.4, 0.5) is 0 Å². The molecule has 0 spiro atoms. The van der Waals surface area contributed by atoms with Crippen molar-refractivity contribution in [3.63, 3.8) is 0 Å². The maximum Gasteiger partial charge on any atom is 0.272 e. The first kappa shape index (κ1) is 20.6. The van der Waals surface area contributed by atoms with Gasteiger partial charge >= 0.3 is 0 Å². The summed E-state index contributed by atoms with van der Waals surface area (Å²) in [5, 5.41) is 9.64. The molecule has 1 aliphatic rings. The van der Waals surface area contributed by atoms with E-state index in [-0.39, 0.29) is 30.1 Å². The van der Waals surface area contributed by atoms with Crippen LogP contribution in [0.3, 0.4) is 0 Å². The molecule has 1 aliphatic heterocycles. The zero-order chi connectivity index (χ0) is 20.8. The van der Waals surface area contributed by atoms with Gasteiger partial charge in [0.1, 0.15) is 5.69 Å². The van der Waals surface area contributed by atoms with Crippen LogP contribution in [0.5, 0.6) is 0 Å². The lowest BCUT2D eigenvalue weighted by atomic mass is 10.2. The smallest absolute Gasteiger partial charge is 0.272 e. The van der Waals surface area contributed by atoms with Crippen LogP contribution in [-0.4, -0.2) is 51.5 Å². The molecule has 8 heteroatoms. The number of hydrogen-bond acceptors (Lipinski definition) is 4. The molecule has 0 saturated heterocycles. The SMILES string of the molecule is CC[C@H](C)NC(=O)CNC(=O)c1cc2n(n1)CCCN(Cc1ccccc1)C2=O. The molecule has 1 aromatic carbocycles. The molecule has 0 saturated carbocycles. The van der Waals surface area contributed by atoms with Crippen molar-refractivity contribution >= 4 is 17.7 Å². The highest BCUT2D eigenvalue weighted by Crippen LogP contribution is 2.16. The van der Waals surface area contributed by atoms with Gasteiger partial charge in [-0.3, -0.25) is 19.1 Å². The molecule has 0 fully saturated rings. The lowest BCUT2D eigenvalue weighted by Crippen LogP contribution is -2.40. The highest BCUT2D eigenvalue weighted by atomic mass is 16.2. The Morgan fingerprint density at radius 2 is 1.97 bits per heavy atom. The van der Waals surface area contributed by atoms with Gasteiger partial charge in [0.15, 0.2) is 5.69 Å². The summed E-state index contributed by atoms with van der Waals surface area (Å²) in [5.41, 5.74) is 1.60. The maximum atomic E-state index is 13.0. The average Bonchev–Trinajstić information content (AvgIpc) is 3.10. The summed E-state index contributed by atoms with van der Waals surface area (Å²) in [5.74, 6) is -0.863. The highest BCUT2D eigenvalue weighted by molar-refractivity contribution is 5.99. The van der Waals surface area contributed by atoms with Crippen molar-refractivity contribution in [1.82, 2.24) is 25.3 Å². The van der Waals surface area contributed by atoms with E-state index in [0.717, 1.165) is 18.4 Å². The summed E-state index contributed by atoms with van der Waals surface area (Å²) in [4.78, 5) is 39.0. The Morgan fingerprint density at radius 3 is 2.69 bits per heavy atom. The average molecular weight is 397 g/mol. The van der Waals surface area contributed by atoms with Gasteiger partial charge in [-0.2, -0.15) is 5.10 Å². The van der Waals surface area contributed by atoms with Crippen molar-refractivity contribution in [3.05, 3.63) is 53.3 Å². The van der Waals surface area contributed by atoms with E-state index in [4.69, 9.17) is 0 Å². The van der Waals surface area contributed by atoms with Gasteiger partial charge < -0.3 is 15.5 Å². The third kappa shape index (κ3) is 5.22. The summed E-state index contributed by atoms with van der Waals surface area (Å²) in [6.07, 6.45) is 1.57. The van der Waals surface area contributed by atoms with Gasteiger partial charge in [0.2, 0.25) is 5.91 Å². The van der Waals surface area contributed by atoms with Gasteiger partial charge in [0.05, 0.1) is 6.54 Å². The molecular formula is C21H27N5O3. The van der Waals surface area contributed by atoms with Crippen LogP contribution in [0, 0.1) is 0 Å². The number of aryl methyl sites for hydroxylation is 1. The number of rotatable bonds is 7. The molecule has 0 unspecified atom stereocenters. The highest BCUT2D eigenvalue weighted by Gasteiger charge is 2.26. The third-order valence-electron chi connectivity index (χ3n) is 4.96. The summed E-state index contributed by atoms with van der Waals surface area (Å²) in [6.45, 7) is 5.46. The number of aromatic nitrogens is 2. The predicted molar refractivity (Wildman–Crippen MR) is 108 cm³/mol. The van der Waals surface area contributed by atoms with Crippen molar-refractivity contribution in [2.75, 3.05) is 13.1 Å². The van der Waals surface area contributed by atoms with E-state index in [1.807, 2.05) is 44.2 Å². The van der Waals surface area contributed by atoms with E-state index >= 15 is 0 Å². The quantitative estimate of drug-likeness (QED) is 0.741.